The van der Waals surface area contributed by atoms with Crippen molar-refractivity contribution in [3.05, 3.63) is 69.2 Å². The Morgan fingerprint density at radius 3 is 2.54 bits per heavy atom. The maximum Gasteiger partial charge on any atom is 0.278 e. The molecule has 2 aromatic rings. The second-order valence-electron chi connectivity index (χ2n) is 5.78. The van der Waals surface area contributed by atoms with Crippen molar-refractivity contribution in [2.24, 2.45) is 11.1 Å². The van der Waals surface area contributed by atoms with Crippen molar-refractivity contribution in [2.75, 3.05) is 4.90 Å². The first-order chi connectivity index (χ1) is 12.5. The molecular weight excluding hydrogens is 362 g/mol. The number of amides is 2. The van der Waals surface area contributed by atoms with Gasteiger partial charge in [0.15, 0.2) is 0 Å². The van der Waals surface area contributed by atoms with Gasteiger partial charge in [0.05, 0.1) is 10.6 Å². The summed E-state index contributed by atoms with van der Waals surface area (Å²) in [6, 6.07) is 12.0. The van der Waals surface area contributed by atoms with Gasteiger partial charge in [0, 0.05) is 22.7 Å². The Balaban J connectivity index is 1.70. The highest BCUT2D eigenvalue weighted by atomic mass is 35.5. The van der Waals surface area contributed by atoms with Crippen molar-refractivity contribution in [1.82, 2.24) is 0 Å². The Hall–Kier alpha value is -3.26. The van der Waals surface area contributed by atoms with Crippen molar-refractivity contribution >= 4 is 40.5 Å². The largest absolute Gasteiger partial charge is 0.381 e. The summed E-state index contributed by atoms with van der Waals surface area (Å²) < 4.78 is 0. The number of non-ortho nitro benzene ring substituents is 1. The fraction of sp³-hybridized carbons (Fsp3) is 0.118. The van der Waals surface area contributed by atoms with E-state index in [1.807, 2.05) is 0 Å². The van der Waals surface area contributed by atoms with Gasteiger partial charge < -0.3 is 4.84 Å². The van der Waals surface area contributed by atoms with Crippen LogP contribution in [0.2, 0.25) is 5.02 Å². The summed E-state index contributed by atoms with van der Waals surface area (Å²) in [5, 5.41) is 15.3. The lowest BCUT2D eigenvalue weighted by Crippen LogP contribution is -2.33. The number of carbonyl (C=O) groups is 2. The molecule has 0 aliphatic carbocycles. The molecule has 0 saturated carbocycles. The number of hydrogen-bond donors (Lipinski definition) is 0. The number of rotatable bonds is 3. The van der Waals surface area contributed by atoms with Crippen molar-refractivity contribution in [3.63, 3.8) is 0 Å². The van der Waals surface area contributed by atoms with Gasteiger partial charge in [-0.15, -0.1) is 0 Å². The molecule has 0 unspecified atom stereocenters. The molecule has 8 nitrogen and oxygen atoms in total. The average molecular weight is 372 g/mol. The quantitative estimate of drug-likeness (QED) is 0.468. The van der Waals surface area contributed by atoms with Crippen LogP contribution in [0.4, 0.5) is 11.4 Å². The van der Waals surface area contributed by atoms with Crippen LogP contribution in [0.25, 0.3) is 0 Å². The lowest BCUT2D eigenvalue weighted by molar-refractivity contribution is -0.384. The number of halogens is 1. The molecule has 9 heteroatoms. The van der Waals surface area contributed by atoms with E-state index in [0.717, 1.165) is 4.90 Å². The summed E-state index contributed by atoms with van der Waals surface area (Å²) in [6.45, 7) is 0. The van der Waals surface area contributed by atoms with Gasteiger partial charge in [-0.05, 0) is 24.3 Å². The molecule has 0 radical (unpaired) electrons. The highest BCUT2D eigenvalue weighted by Crippen LogP contribution is 2.35. The van der Waals surface area contributed by atoms with E-state index in [9.17, 15) is 19.7 Å². The molecule has 2 aromatic carbocycles. The van der Waals surface area contributed by atoms with Crippen LogP contribution in [-0.2, 0) is 14.4 Å². The zero-order valence-corrected chi connectivity index (χ0v) is 13.8. The van der Waals surface area contributed by atoms with E-state index < -0.39 is 28.8 Å². The number of benzene rings is 2. The summed E-state index contributed by atoms with van der Waals surface area (Å²) in [7, 11) is 0. The minimum absolute atomic E-state index is 0.139. The summed E-state index contributed by atoms with van der Waals surface area (Å²) in [5.41, 5.74) is 0.806. The first kappa shape index (κ1) is 16.2. The second kappa shape index (κ2) is 5.92. The lowest BCUT2D eigenvalue weighted by Gasteiger charge is -2.15. The number of oxime groups is 1. The third-order valence-corrected chi connectivity index (χ3v) is 4.50. The Kier molecular flexibility index (Phi) is 3.69. The predicted octanol–water partition coefficient (Wildman–Crippen LogP) is 2.54. The highest BCUT2D eigenvalue weighted by molar-refractivity contribution is 6.33. The SMILES string of the molecule is O=C1[C@H]2C(c3cccc([N+](=O)[O-])c3)=NO[C@@H]2C(=O)N1c1ccc(Cl)cc1. The average Bonchev–Trinajstić information content (AvgIpc) is 3.17. The van der Waals surface area contributed by atoms with Gasteiger partial charge in [0.2, 0.25) is 12.0 Å². The smallest absolute Gasteiger partial charge is 0.278 e. The molecule has 2 aliphatic heterocycles. The molecule has 0 aromatic heterocycles. The molecule has 2 heterocycles. The van der Waals surface area contributed by atoms with Gasteiger partial charge in [-0.3, -0.25) is 19.7 Å². The third-order valence-electron chi connectivity index (χ3n) is 4.25. The number of anilines is 1. The molecule has 2 amide bonds. The van der Waals surface area contributed by atoms with Gasteiger partial charge in [-0.1, -0.05) is 28.9 Å². The Bertz CT molecular complexity index is 973. The number of nitro groups is 1. The molecule has 4 rings (SSSR count). The molecule has 2 aliphatic rings. The summed E-state index contributed by atoms with van der Waals surface area (Å²) >= 11 is 5.84. The van der Waals surface area contributed by atoms with Crippen molar-refractivity contribution in [3.8, 4) is 0 Å². The molecule has 0 N–H and O–H groups in total. The Labute approximate surface area is 151 Å². The van der Waals surface area contributed by atoms with E-state index in [0.29, 0.717) is 16.3 Å². The van der Waals surface area contributed by atoms with E-state index in [2.05, 4.69) is 5.16 Å². The van der Waals surface area contributed by atoms with Crippen LogP contribution >= 0.6 is 11.6 Å². The lowest BCUT2D eigenvalue weighted by atomic mass is 9.94. The number of fused-ring (bicyclic) bond motifs is 1. The molecule has 0 spiro atoms. The van der Waals surface area contributed by atoms with Crippen LogP contribution in [-0.4, -0.2) is 28.6 Å². The second-order valence-corrected chi connectivity index (χ2v) is 6.21. The van der Waals surface area contributed by atoms with Gasteiger partial charge in [0.1, 0.15) is 11.6 Å². The summed E-state index contributed by atoms with van der Waals surface area (Å²) in [5.74, 6) is -1.98. The van der Waals surface area contributed by atoms with Crippen molar-refractivity contribution < 1.29 is 19.3 Å². The summed E-state index contributed by atoms with van der Waals surface area (Å²) in [6.07, 6.45) is -1.08. The third kappa shape index (κ3) is 2.42. The van der Waals surface area contributed by atoms with Crippen molar-refractivity contribution in [1.29, 1.82) is 0 Å². The maximum atomic E-state index is 12.9. The van der Waals surface area contributed by atoms with Gasteiger partial charge in [0.25, 0.3) is 11.6 Å². The zero-order valence-electron chi connectivity index (χ0n) is 13.0. The van der Waals surface area contributed by atoms with Crippen LogP contribution < -0.4 is 4.90 Å². The zero-order chi connectivity index (χ0) is 18.4. The fourth-order valence-electron chi connectivity index (χ4n) is 3.04. The van der Waals surface area contributed by atoms with Crippen LogP contribution in [0.5, 0.6) is 0 Å². The highest BCUT2D eigenvalue weighted by Gasteiger charge is 2.56. The number of nitro benzene ring substituents is 1. The van der Waals surface area contributed by atoms with E-state index in [-0.39, 0.29) is 11.4 Å². The van der Waals surface area contributed by atoms with Gasteiger partial charge in [-0.2, -0.15) is 0 Å². The normalized spacial score (nSPS) is 21.4. The Morgan fingerprint density at radius 2 is 1.85 bits per heavy atom. The summed E-state index contributed by atoms with van der Waals surface area (Å²) in [4.78, 5) is 42.1. The number of hydrogen-bond acceptors (Lipinski definition) is 6. The minimum Gasteiger partial charge on any atom is -0.381 e. The van der Waals surface area contributed by atoms with Crippen LogP contribution in [0.15, 0.2) is 53.7 Å². The molecule has 0 bridgehead atoms. The van der Waals surface area contributed by atoms with Gasteiger partial charge >= 0.3 is 0 Å². The number of carbonyl (C=O) groups excluding carboxylic acids is 2. The monoisotopic (exact) mass is 371 g/mol. The Morgan fingerprint density at radius 1 is 1.12 bits per heavy atom. The topological polar surface area (TPSA) is 102 Å². The first-order valence-electron chi connectivity index (χ1n) is 7.59. The molecule has 1 fully saturated rings. The predicted molar refractivity (Wildman–Crippen MR) is 91.9 cm³/mol. The van der Waals surface area contributed by atoms with Crippen LogP contribution in [0.1, 0.15) is 5.56 Å². The standard InChI is InChI=1S/C17H10ClN3O5/c18-10-4-6-11(7-5-10)20-16(22)13-14(19-26-15(13)17(20)23)9-2-1-3-12(8-9)21(24)25/h1-8,13,15H/t13-,15-/m0/s1. The van der Waals surface area contributed by atoms with Crippen LogP contribution in [0, 0.1) is 16.0 Å². The number of nitrogens with zero attached hydrogens (tertiary/aromatic N) is 3. The first-order valence-corrected chi connectivity index (χ1v) is 7.97. The molecular formula is C17H10ClN3O5. The minimum atomic E-state index is -1.08. The molecule has 130 valence electrons. The number of imide groups is 1. The maximum absolute atomic E-state index is 12.9. The molecule has 1 saturated heterocycles. The van der Waals surface area contributed by atoms with E-state index in [1.54, 1.807) is 30.3 Å². The van der Waals surface area contributed by atoms with E-state index in [4.69, 9.17) is 16.4 Å². The van der Waals surface area contributed by atoms with Gasteiger partial charge in [-0.25, -0.2) is 4.90 Å². The molecule has 2 atom stereocenters. The fourth-order valence-corrected chi connectivity index (χ4v) is 3.17. The van der Waals surface area contributed by atoms with Crippen molar-refractivity contribution in [2.45, 2.75) is 6.10 Å². The molecule has 26 heavy (non-hydrogen) atoms. The van der Waals surface area contributed by atoms with E-state index in [1.165, 1.54) is 18.2 Å². The van der Waals surface area contributed by atoms with Crippen LogP contribution in [0.3, 0.4) is 0 Å². The van der Waals surface area contributed by atoms with E-state index >= 15 is 0 Å².